The third-order valence-electron chi connectivity index (χ3n) is 5.70. The Labute approximate surface area is 138 Å². The van der Waals surface area contributed by atoms with Crippen molar-refractivity contribution in [3.8, 4) is 11.5 Å². The summed E-state index contributed by atoms with van der Waals surface area (Å²) in [5.74, 6) is 0.588. The molecule has 0 saturated heterocycles. The standard InChI is InChI=1S/C17H17NO6/c1-22-10-2-3-17-9-5-12-11(23-7-24-12)4-8(9)15(20)14(10)16(17)18(21)6-13(17)19/h2-5,10,13-15,19-20H,6-7H2,1H3/t10-,13+,14+,15+,17-/m1/s1. The summed E-state index contributed by atoms with van der Waals surface area (Å²) in [6.07, 6.45) is 1.42. The van der Waals surface area contributed by atoms with Gasteiger partial charge in [0.1, 0.15) is 17.4 Å². The topological polar surface area (TPSA) is 94.2 Å². The van der Waals surface area contributed by atoms with E-state index in [1.165, 1.54) is 0 Å². The lowest BCUT2D eigenvalue weighted by molar-refractivity contribution is -0.459. The highest BCUT2D eigenvalue weighted by Crippen LogP contribution is 2.54. The molecule has 5 atom stereocenters. The van der Waals surface area contributed by atoms with Gasteiger partial charge >= 0.3 is 0 Å². The largest absolute Gasteiger partial charge is 0.624 e. The summed E-state index contributed by atoms with van der Waals surface area (Å²) in [5, 5.41) is 34.2. The van der Waals surface area contributed by atoms with E-state index in [0.29, 0.717) is 28.3 Å². The van der Waals surface area contributed by atoms with Gasteiger partial charge in [-0.2, -0.15) is 0 Å². The van der Waals surface area contributed by atoms with Crippen molar-refractivity contribution in [1.29, 1.82) is 0 Å². The van der Waals surface area contributed by atoms with Crippen molar-refractivity contribution >= 4 is 5.71 Å². The number of methoxy groups -OCH3 is 1. The minimum atomic E-state index is -0.947. The van der Waals surface area contributed by atoms with Gasteiger partial charge in [0.15, 0.2) is 23.8 Å². The molecule has 7 nitrogen and oxygen atoms in total. The molecule has 126 valence electrons. The summed E-state index contributed by atoms with van der Waals surface area (Å²) in [4.78, 5) is 0. The number of nitrogens with zero attached hydrogens (tertiary/aromatic N) is 1. The number of fused-ring (bicyclic) bond motifs is 2. The van der Waals surface area contributed by atoms with Crippen LogP contribution in [-0.4, -0.2) is 53.3 Å². The van der Waals surface area contributed by atoms with Gasteiger partial charge in [-0.1, -0.05) is 12.2 Å². The van der Waals surface area contributed by atoms with Crippen LogP contribution in [0.1, 0.15) is 17.2 Å². The number of hydroxylamine groups is 1. The van der Waals surface area contributed by atoms with Gasteiger partial charge in [-0.3, -0.25) is 0 Å². The molecule has 2 bridgehead atoms. The quantitative estimate of drug-likeness (QED) is 0.435. The number of β-amino-alcohol motifs (C(OH)–C–C–N with tert-alkyl or cyclic N) is 1. The Balaban J connectivity index is 1.84. The minimum absolute atomic E-state index is 0.0345. The zero-order chi connectivity index (χ0) is 16.6. The fraction of sp³-hybridized carbons (Fsp3) is 0.471. The molecule has 4 aliphatic rings. The molecule has 0 radical (unpaired) electrons. The average Bonchev–Trinajstić information content (AvgIpc) is 3.14. The lowest BCUT2D eigenvalue weighted by atomic mass is 9.58. The highest BCUT2D eigenvalue weighted by atomic mass is 16.7. The SMILES string of the molecule is CO[C@@H]1C=C[C@]23C(=[N+]([O-])C[C@@H]2O)[C@@H]1[C@@H](O)c1cc2c(cc13)OCO2. The first-order chi connectivity index (χ1) is 11.6. The van der Waals surface area contributed by atoms with Crippen LogP contribution >= 0.6 is 0 Å². The van der Waals surface area contributed by atoms with Crippen LogP contribution in [0.4, 0.5) is 0 Å². The summed E-state index contributed by atoms with van der Waals surface area (Å²) in [6.45, 7) is 0.0846. The fourth-order valence-corrected chi connectivity index (χ4v) is 4.65. The molecule has 2 heterocycles. The zero-order valence-electron chi connectivity index (χ0n) is 13.0. The number of aliphatic hydroxyl groups is 2. The fourth-order valence-electron chi connectivity index (χ4n) is 4.65. The van der Waals surface area contributed by atoms with Gasteiger partial charge in [-0.25, -0.2) is 4.74 Å². The van der Waals surface area contributed by atoms with E-state index in [2.05, 4.69) is 0 Å². The van der Waals surface area contributed by atoms with Crippen LogP contribution in [0.5, 0.6) is 11.5 Å². The van der Waals surface area contributed by atoms with Crippen LogP contribution in [0.3, 0.4) is 0 Å². The van der Waals surface area contributed by atoms with E-state index < -0.39 is 29.6 Å². The predicted molar refractivity (Wildman–Crippen MR) is 82.1 cm³/mol. The average molecular weight is 331 g/mol. The maximum Gasteiger partial charge on any atom is 0.231 e. The number of hydrogen-bond acceptors (Lipinski definition) is 6. The van der Waals surface area contributed by atoms with E-state index >= 15 is 0 Å². The second-order valence-electron chi connectivity index (χ2n) is 6.65. The van der Waals surface area contributed by atoms with Crippen LogP contribution in [0.25, 0.3) is 0 Å². The van der Waals surface area contributed by atoms with E-state index in [1.807, 2.05) is 12.2 Å². The third kappa shape index (κ3) is 1.46. The van der Waals surface area contributed by atoms with Gasteiger partial charge in [-0.15, -0.1) is 0 Å². The molecule has 0 fully saturated rings. The van der Waals surface area contributed by atoms with Gasteiger partial charge in [0.25, 0.3) is 0 Å². The van der Waals surface area contributed by atoms with E-state index in [4.69, 9.17) is 14.2 Å². The molecular weight excluding hydrogens is 314 g/mol. The Kier molecular flexibility index (Phi) is 2.68. The highest BCUT2D eigenvalue weighted by Gasteiger charge is 2.64. The molecule has 2 aliphatic carbocycles. The molecule has 24 heavy (non-hydrogen) atoms. The van der Waals surface area contributed by atoms with Crippen molar-refractivity contribution in [2.45, 2.75) is 23.7 Å². The molecule has 0 aromatic heterocycles. The van der Waals surface area contributed by atoms with Crippen LogP contribution in [0.15, 0.2) is 24.3 Å². The maximum absolute atomic E-state index is 12.5. The van der Waals surface area contributed by atoms with Crippen LogP contribution in [0.2, 0.25) is 0 Å². The summed E-state index contributed by atoms with van der Waals surface area (Å²) < 4.78 is 17.2. The summed E-state index contributed by atoms with van der Waals surface area (Å²) >= 11 is 0. The van der Waals surface area contributed by atoms with Gasteiger partial charge in [-0.05, 0) is 23.3 Å². The van der Waals surface area contributed by atoms with Crippen molar-refractivity contribution in [1.82, 2.24) is 0 Å². The highest BCUT2D eigenvalue weighted by molar-refractivity contribution is 6.01. The molecule has 0 unspecified atom stereocenters. The van der Waals surface area contributed by atoms with Gasteiger partial charge < -0.3 is 29.6 Å². The Morgan fingerprint density at radius 2 is 2.04 bits per heavy atom. The van der Waals surface area contributed by atoms with Crippen molar-refractivity contribution in [2.24, 2.45) is 5.92 Å². The third-order valence-corrected chi connectivity index (χ3v) is 5.70. The Hall–Kier alpha value is -2.09. The Morgan fingerprint density at radius 1 is 1.29 bits per heavy atom. The number of ether oxygens (including phenoxy) is 3. The lowest BCUT2D eigenvalue weighted by Gasteiger charge is -2.44. The van der Waals surface area contributed by atoms with E-state index in [9.17, 15) is 15.4 Å². The molecule has 0 saturated carbocycles. The minimum Gasteiger partial charge on any atom is -0.624 e. The van der Waals surface area contributed by atoms with Gasteiger partial charge in [0, 0.05) is 7.11 Å². The first-order valence-corrected chi connectivity index (χ1v) is 7.92. The summed E-state index contributed by atoms with van der Waals surface area (Å²) in [7, 11) is 1.55. The number of rotatable bonds is 1. The summed E-state index contributed by atoms with van der Waals surface area (Å²) in [6, 6.07) is 3.52. The van der Waals surface area contributed by atoms with Gasteiger partial charge in [0.05, 0.1) is 12.2 Å². The van der Waals surface area contributed by atoms with Crippen molar-refractivity contribution in [3.05, 3.63) is 40.6 Å². The number of aliphatic hydroxyl groups excluding tert-OH is 2. The van der Waals surface area contributed by atoms with E-state index in [-0.39, 0.29) is 13.3 Å². The molecule has 0 amide bonds. The predicted octanol–water partition coefficient (Wildman–Crippen LogP) is 0.227. The molecule has 5 rings (SSSR count). The Bertz CT molecular complexity index is 803. The van der Waals surface area contributed by atoms with Crippen LogP contribution < -0.4 is 9.47 Å². The number of hydrogen-bond donors (Lipinski definition) is 2. The Morgan fingerprint density at radius 3 is 2.79 bits per heavy atom. The maximum atomic E-state index is 12.5. The molecule has 2 N–H and O–H groups in total. The molecular formula is C17H17NO6. The summed E-state index contributed by atoms with van der Waals surface area (Å²) in [5.41, 5.74) is 0.857. The van der Waals surface area contributed by atoms with Crippen LogP contribution in [-0.2, 0) is 10.2 Å². The van der Waals surface area contributed by atoms with Crippen molar-refractivity contribution in [2.75, 3.05) is 20.4 Å². The van der Waals surface area contributed by atoms with Gasteiger partial charge in [0.2, 0.25) is 6.79 Å². The second-order valence-corrected chi connectivity index (χ2v) is 6.65. The smallest absolute Gasteiger partial charge is 0.231 e. The molecule has 1 aromatic carbocycles. The lowest BCUT2D eigenvalue weighted by Crippen LogP contribution is -2.56. The first-order valence-electron chi connectivity index (χ1n) is 7.92. The van der Waals surface area contributed by atoms with E-state index in [0.717, 1.165) is 4.74 Å². The molecule has 1 aromatic rings. The van der Waals surface area contributed by atoms with Crippen molar-refractivity contribution in [3.63, 3.8) is 0 Å². The van der Waals surface area contributed by atoms with Crippen molar-refractivity contribution < 1.29 is 29.2 Å². The molecule has 7 heteroatoms. The number of benzene rings is 1. The monoisotopic (exact) mass is 331 g/mol. The normalized spacial score (nSPS) is 38.3. The second kappa shape index (κ2) is 4.50. The zero-order valence-corrected chi connectivity index (χ0v) is 13.0. The molecule has 2 aliphatic heterocycles. The molecule has 0 spiro atoms. The first kappa shape index (κ1) is 14.3. The van der Waals surface area contributed by atoms with E-state index in [1.54, 1.807) is 19.2 Å². The van der Waals surface area contributed by atoms with Crippen LogP contribution in [0, 0.1) is 11.1 Å².